The van der Waals surface area contributed by atoms with Gasteiger partial charge in [0, 0.05) is 18.3 Å². The Morgan fingerprint density at radius 1 is 1.38 bits per heavy atom. The normalized spacial score (nSPS) is 10.6. The highest BCUT2D eigenvalue weighted by molar-refractivity contribution is 5.75. The van der Waals surface area contributed by atoms with E-state index in [-0.39, 0.29) is 24.8 Å². The molecule has 0 bridgehead atoms. The molecule has 0 atom stereocenters. The molecule has 0 aliphatic carbocycles. The number of amides is 1. The molecule has 0 unspecified atom stereocenters. The molecule has 0 aliphatic heterocycles. The second kappa shape index (κ2) is 7.49. The third kappa shape index (κ3) is 4.64. The van der Waals surface area contributed by atoms with Crippen LogP contribution in [0.3, 0.4) is 0 Å². The number of aryl methyl sites for hydroxylation is 1. The number of hydrogen-bond acceptors (Lipinski definition) is 4. The lowest BCUT2D eigenvalue weighted by Crippen LogP contribution is -2.27. The third-order valence-electron chi connectivity index (χ3n) is 2.96. The van der Waals surface area contributed by atoms with E-state index >= 15 is 0 Å². The Hall–Kier alpha value is -2.28. The number of benzene rings is 1. The van der Waals surface area contributed by atoms with Gasteiger partial charge in [-0.25, -0.2) is 9.07 Å². The molecular formula is C14H18FN5O. The van der Waals surface area contributed by atoms with Crippen molar-refractivity contribution in [2.24, 2.45) is 5.73 Å². The van der Waals surface area contributed by atoms with E-state index in [9.17, 15) is 9.18 Å². The Labute approximate surface area is 122 Å². The standard InChI is InChI=1S/C14H18FN5O/c15-13-6-2-1-4-11(13)8-17-14(21)10-20-9-12(18-19-20)5-3-7-16/h1-2,4,6,9H,3,5,7-8,10,16H2,(H,17,21). The highest BCUT2D eigenvalue weighted by Gasteiger charge is 2.07. The van der Waals surface area contributed by atoms with Crippen molar-refractivity contribution in [2.45, 2.75) is 25.9 Å². The van der Waals surface area contributed by atoms with Crippen LogP contribution in [0.15, 0.2) is 30.5 Å². The predicted octanol–water partition coefficient (Wildman–Crippen LogP) is 0.625. The molecule has 0 saturated heterocycles. The van der Waals surface area contributed by atoms with Crippen LogP contribution in [0.5, 0.6) is 0 Å². The molecule has 6 nitrogen and oxygen atoms in total. The van der Waals surface area contributed by atoms with Gasteiger partial charge in [0.25, 0.3) is 0 Å². The van der Waals surface area contributed by atoms with Gasteiger partial charge >= 0.3 is 0 Å². The van der Waals surface area contributed by atoms with Gasteiger partial charge < -0.3 is 11.1 Å². The summed E-state index contributed by atoms with van der Waals surface area (Å²) in [5, 5.41) is 10.5. The van der Waals surface area contributed by atoms with Gasteiger partial charge in [-0.05, 0) is 25.5 Å². The zero-order chi connectivity index (χ0) is 15.1. The summed E-state index contributed by atoms with van der Waals surface area (Å²) in [5.41, 5.74) is 6.68. The molecule has 0 spiro atoms. The van der Waals surface area contributed by atoms with E-state index in [2.05, 4.69) is 15.6 Å². The Morgan fingerprint density at radius 3 is 2.95 bits per heavy atom. The van der Waals surface area contributed by atoms with Gasteiger partial charge in [-0.3, -0.25) is 4.79 Å². The molecule has 0 aliphatic rings. The van der Waals surface area contributed by atoms with Crippen molar-refractivity contribution >= 4 is 5.91 Å². The van der Waals surface area contributed by atoms with Crippen LogP contribution in [-0.4, -0.2) is 27.4 Å². The van der Waals surface area contributed by atoms with Crippen molar-refractivity contribution in [2.75, 3.05) is 6.54 Å². The molecular weight excluding hydrogens is 273 g/mol. The van der Waals surface area contributed by atoms with Crippen LogP contribution < -0.4 is 11.1 Å². The Kier molecular flexibility index (Phi) is 5.39. The lowest BCUT2D eigenvalue weighted by Gasteiger charge is -2.05. The van der Waals surface area contributed by atoms with Crippen molar-refractivity contribution in [1.29, 1.82) is 0 Å². The van der Waals surface area contributed by atoms with E-state index in [1.54, 1.807) is 24.4 Å². The highest BCUT2D eigenvalue weighted by Crippen LogP contribution is 2.05. The fourth-order valence-corrected chi connectivity index (χ4v) is 1.85. The van der Waals surface area contributed by atoms with Gasteiger partial charge in [0.1, 0.15) is 12.4 Å². The van der Waals surface area contributed by atoms with Gasteiger partial charge in [-0.15, -0.1) is 5.10 Å². The fourth-order valence-electron chi connectivity index (χ4n) is 1.85. The largest absolute Gasteiger partial charge is 0.350 e. The van der Waals surface area contributed by atoms with E-state index < -0.39 is 0 Å². The number of carbonyl (C=O) groups excluding carboxylic acids is 1. The van der Waals surface area contributed by atoms with Crippen LogP contribution in [0.4, 0.5) is 4.39 Å². The fraction of sp³-hybridized carbons (Fsp3) is 0.357. The van der Waals surface area contributed by atoms with E-state index in [4.69, 9.17) is 5.73 Å². The molecule has 2 aromatic rings. The minimum Gasteiger partial charge on any atom is -0.350 e. The second-order valence-electron chi connectivity index (χ2n) is 4.67. The summed E-state index contributed by atoms with van der Waals surface area (Å²) < 4.78 is 14.9. The maximum atomic E-state index is 13.4. The molecule has 1 amide bonds. The maximum Gasteiger partial charge on any atom is 0.242 e. The monoisotopic (exact) mass is 291 g/mol. The number of nitrogens with one attached hydrogen (secondary N) is 1. The van der Waals surface area contributed by atoms with Gasteiger partial charge in [0.2, 0.25) is 5.91 Å². The number of nitrogens with two attached hydrogens (primary N) is 1. The van der Waals surface area contributed by atoms with Crippen molar-refractivity contribution in [3.05, 3.63) is 47.5 Å². The summed E-state index contributed by atoms with van der Waals surface area (Å²) in [6.07, 6.45) is 3.30. The zero-order valence-electron chi connectivity index (χ0n) is 11.6. The molecule has 3 N–H and O–H groups in total. The Bertz CT molecular complexity index is 599. The number of aromatic nitrogens is 3. The third-order valence-corrected chi connectivity index (χ3v) is 2.96. The molecule has 21 heavy (non-hydrogen) atoms. The number of rotatable bonds is 7. The maximum absolute atomic E-state index is 13.4. The first kappa shape index (κ1) is 15.1. The van der Waals surface area contributed by atoms with E-state index in [1.807, 2.05) is 0 Å². The number of halogens is 1. The molecule has 7 heteroatoms. The van der Waals surface area contributed by atoms with Gasteiger partial charge in [-0.2, -0.15) is 0 Å². The summed E-state index contributed by atoms with van der Waals surface area (Å²) in [4.78, 5) is 11.8. The summed E-state index contributed by atoms with van der Waals surface area (Å²) in [7, 11) is 0. The van der Waals surface area contributed by atoms with Crippen LogP contribution in [0.2, 0.25) is 0 Å². The van der Waals surface area contributed by atoms with E-state index in [0.29, 0.717) is 12.1 Å². The number of hydrogen-bond donors (Lipinski definition) is 2. The van der Waals surface area contributed by atoms with Crippen molar-refractivity contribution < 1.29 is 9.18 Å². The quantitative estimate of drug-likeness (QED) is 0.783. The smallest absolute Gasteiger partial charge is 0.242 e. The van der Waals surface area contributed by atoms with Crippen molar-refractivity contribution in [1.82, 2.24) is 20.3 Å². The minimum atomic E-state index is -0.331. The molecule has 1 aromatic carbocycles. The van der Waals surface area contributed by atoms with Crippen LogP contribution in [0.1, 0.15) is 17.7 Å². The van der Waals surface area contributed by atoms with Gasteiger partial charge in [-0.1, -0.05) is 23.4 Å². The average Bonchev–Trinajstić information content (AvgIpc) is 2.91. The summed E-state index contributed by atoms with van der Waals surface area (Å²) in [6.45, 7) is 0.806. The summed E-state index contributed by atoms with van der Waals surface area (Å²) in [5.74, 6) is -0.573. The van der Waals surface area contributed by atoms with Crippen molar-refractivity contribution in [3.63, 3.8) is 0 Å². The molecule has 0 fully saturated rings. The Morgan fingerprint density at radius 2 is 2.19 bits per heavy atom. The molecule has 0 saturated carbocycles. The molecule has 1 aromatic heterocycles. The SMILES string of the molecule is NCCCc1cn(CC(=O)NCc2ccccc2F)nn1. The van der Waals surface area contributed by atoms with Crippen LogP contribution >= 0.6 is 0 Å². The summed E-state index contributed by atoms with van der Waals surface area (Å²) in [6, 6.07) is 6.34. The summed E-state index contributed by atoms with van der Waals surface area (Å²) >= 11 is 0. The molecule has 0 radical (unpaired) electrons. The molecule has 1 heterocycles. The Balaban J connectivity index is 1.82. The number of carbonyl (C=O) groups is 1. The second-order valence-corrected chi connectivity index (χ2v) is 4.67. The average molecular weight is 291 g/mol. The predicted molar refractivity (Wildman–Crippen MR) is 75.6 cm³/mol. The van der Waals surface area contributed by atoms with Crippen LogP contribution in [0, 0.1) is 5.82 Å². The number of nitrogens with zero attached hydrogens (tertiary/aromatic N) is 3. The van der Waals surface area contributed by atoms with E-state index in [1.165, 1.54) is 10.7 Å². The van der Waals surface area contributed by atoms with E-state index in [0.717, 1.165) is 18.5 Å². The minimum absolute atomic E-state index is 0.0596. The lowest BCUT2D eigenvalue weighted by molar-refractivity contribution is -0.122. The molecule has 2 rings (SSSR count). The zero-order valence-corrected chi connectivity index (χ0v) is 11.6. The highest BCUT2D eigenvalue weighted by atomic mass is 19.1. The van der Waals surface area contributed by atoms with Crippen LogP contribution in [0.25, 0.3) is 0 Å². The molecule has 112 valence electrons. The lowest BCUT2D eigenvalue weighted by atomic mass is 10.2. The van der Waals surface area contributed by atoms with Gasteiger partial charge in [0.15, 0.2) is 0 Å². The first-order chi connectivity index (χ1) is 10.2. The van der Waals surface area contributed by atoms with Gasteiger partial charge in [0.05, 0.1) is 5.69 Å². The first-order valence-electron chi connectivity index (χ1n) is 6.78. The van der Waals surface area contributed by atoms with Crippen LogP contribution in [-0.2, 0) is 24.3 Å². The van der Waals surface area contributed by atoms with Crippen molar-refractivity contribution in [3.8, 4) is 0 Å². The topological polar surface area (TPSA) is 85.8 Å². The first-order valence-corrected chi connectivity index (χ1v) is 6.78.